The van der Waals surface area contributed by atoms with E-state index in [1.807, 2.05) is 13.8 Å². The highest BCUT2D eigenvalue weighted by Gasteiger charge is 2.32. The molecule has 2 amide bonds. The lowest BCUT2D eigenvalue weighted by atomic mass is 10.0. The van der Waals surface area contributed by atoms with Crippen molar-refractivity contribution in [1.29, 1.82) is 0 Å². The Balaban J connectivity index is 2.01. The highest BCUT2D eigenvalue weighted by atomic mass is 19.1. The smallest absolute Gasteiger partial charge is 0.244 e. The number of hydrogen-bond acceptors (Lipinski definition) is 4. The van der Waals surface area contributed by atoms with E-state index in [2.05, 4.69) is 21.5 Å². The Hall–Kier alpha value is -2.06. The van der Waals surface area contributed by atoms with Gasteiger partial charge in [-0.15, -0.1) is 0 Å². The van der Waals surface area contributed by atoms with Gasteiger partial charge in [0, 0.05) is 18.9 Å². The van der Waals surface area contributed by atoms with Gasteiger partial charge < -0.3 is 10.6 Å². The molecule has 0 saturated carbocycles. The molecule has 1 heterocycles. The highest BCUT2D eigenvalue weighted by Crippen LogP contribution is 2.26. The second kappa shape index (κ2) is 7.67. The summed E-state index contributed by atoms with van der Waals surface area (Å²) >= 11 is 0. The molecule has 0 bridgehead atoms. The van der Waals surface area contributed by atoms with Gasteiger partial charge in [-0.1, -0.05) is 19.9 Å². The van der Waals surface area contributed by atoms with Crippen LogP contribution in [0.25, 0.3) is 0 Å². The molecule has 0 aliphatic carbocycles. The zero-order valence-electron chi connectivity index (χ0n) is 13.8. The van der Waals surface area contributed by atoms with Crippen molar-refractivity contribution in [2.75, 3.05) is 0 Å². The maximum absolute atomic E-state index is 13.8. The average molecular weight is 340 g/mol. The van der Waals surface area contributed by atoms with E-state index in [0.29, 0.717) is 0 Å². The van der Waals surface area contributed by atoms with Crippen molar-refractivity contribution in [3.05, 3.63) is 35.4 Å². The summed E-state index contributed by atoms with van der Waals surface area (Å²) in [5.41, 5.74) is 5.53. The quantitative estimate of drug-likeness (QED) is 0.647. The largest absolute Gasteiger partial charge is 0.344 e. The topological polar surface area (TPSA) is 82.3 Å². The van der Waals surface area contributed by atoms with E-state index in [1.54, 1.807) is 0 Å². The molecule has 8 heteroatoms. The van der Waals surface area contributed by atoms with Crippen molar-refractivity contribution >= 4 is 11.8 Å². The fourth-order valence-corrected chi connectivity index (χ4v) is 2.70. The summed E-state index contributed by atoms with van der Waals surface area (Å²) in [6.07, 6.45) is -0.231. The summed E-state index contributed by atoms with van der Waals surface area (Å²) in [7, 11) is 0. The number of carbonyl (C=O) groups is 2. The number of hydrazine groups is 1. The van der Waals surface area contributed by atoms with Gasteiger partial charge in [-0.25, -0.2) is 19.6 Å². The summed E-state index contributed by atoms with van der Waals surface area (Å²) in [5, 5.41) is 5.33. The van der Waals surface area contributed by atoms with Gasteiger partial charge in [0.1, 0.15) is 17.7 Å². The molecule has 1 aliphatic rings. The van der Waals surface area contributed by atoms with Crippen LogP contribution in [0.5, 0.6) is 0 Å². The first-order chi connectivity index (χ1) is 11.3. The number of carbonyl (C=O) groups excluding carboxylic acids is 2. The summed E-state index contributed by atoms with van der Waals surface area (Å²) in [6.45, 7) is 4.98. The Morgan fingerprint density at radius 1 is 1.21 bits per heavy atom. The van der Waals surface area contributed by atoms with E-state index < -0.39 is 29.9 Å². The Kier molecular flexibility index (Phi) is 5.84. The number of nitrogens with one attached hydrogen (secondary N) is 4. The second-order valence-corrected chi connectivity index (χ2v) is 6.20. The molecular formula is C16H22F2N4O2. The molecule has 0 spiro atoms. The predicted molar refractivity (Wildman–Crippen MR) is 84.4 cm³/mol. The summed E-state index contributed by atoms with van der Waals surface area (Å²) < 4.78 is 27.7. The predicted octanol–water partition coefficient (Wildman–Crippen LogP) is 1.11. The molecule has 0 radical (unpaired) electrons. The Morgan fingerprint density at radius 3 is 2.38 bits per heavy atom. The first-order valence-electron chi connectivity index (χ1n) is 7.82. The summed E-state index contributed by atoms with van der Waals surface area (Å²) in [6, 6.07) is 2.41. The van der Waals surface area contributed by atoms with Gasteiger partial charge in [0.2, 0.25) is 11.8 Å². The molecule has 1 saturated heterocycles. The van der Waals surface area contributed by atoms with Crippen LogP contribution >= 0.6 is 0 Å². The lowest BCUT2D eigenvalue weighted by molar-refractivity contribution is -0.129. The van der Waals surface area contributed by atoms with Gasteiger partial charge in [-0.2, -0.15) is 0 Å². The van der Waals surface area contributed by atoms with Crippen LogP contribution in [0.15, 0.2) is 18.2 Å². The van der Waals surface area contributed by atoms with Crippen molar-refractivity contribution in [2.24, 2.45) is 5.92 Å². The van der Waals surface area contributed by atoms with Crippen molar-refractivity contribution in [3.63, 3.8) is 0 Å². The molecule has 6 nitrogen and oxygen atoms in total. The zero-order valence-corrected chi connectivity index (χ0v) is 13.8. The third-order valence-corrected chi connectivity index (χ3v) is 3.88. The minimum atomic E-state index is -0.673. The van der Waals surface area contributed by atoms with Crippen LogP contribution in [0.1, 0.15) is 38.8 Å². The van der Waals surface area contributed by atoms with Crippen LogP contribution in [-0.4, -0.2) is 24.0 Å². The number of halogens is 2. The number of rotatable bonds is 5. The van der Waals surface area contributed by atoms with Crippen LogP contribution in [0.3, 0.4) is 0 Å². The number of benzene rings is 1. The second-order valence-electron chi connectivity index (χ2n) is 6.20. The maximum Gasteiger partial charge on any atom is 0.244 e. The van der Waals surface area contributed by atoms with Crippen molar-refractivity contribution < 1.29 is 18.4 Å². The van der Waals surface area contributed by atoms with Gasteiger partial charge in [-0.3, -0.25) is 9.59 Å². The van der Waals surface area contributed by atoms with Crippen LogP contribution in [-0.2, 0) is 9.59 Å². The standard InChI is InChI=1S/C16H22F2N4O2/c1-8(2)15(19-9(3)23)16(24)20-13-7-12(21-22-13)14-10(17)5-4-6-11(14)18/h4-6,8,12-13,15,21-22H,7H2,1-3H3,(H,19,23)(H,20,24). The molecule has 3 atom stereocenters. The highest BCUT2D eigenvalue weighted by molar-refractivity contribution is 5.87. The van der Waals surface area contributed by atoms with Crippen molar-refractivity contribution in [3.8, 4) is 0 Å². The minimum Gasteiger partial charge on any atom is -0.344 e. The normalized spacial score (nSPS) is 21.6. The number of amides is 2. The first kappa shape index (κ1) is 18.3. The van der Waals surface area contributed by atoms with Crippen LogP contribution in [0.2, 0.25) is 0 Å². The zero-order chi connectivity index (χ0) is 17.9. The van der Waals surface area contributed by atoms with Gasteiger partial charge in [-0.05, 0) is 18.1 Å². The Labute approximate surface area is 139 Å². The molecule has 0 aromatic heterocycles. The summed E-state index contributed by atoms with van der Waals surface area (Å²) in [4.78, 5) is 23.5. The molecular weight excluding hydrogens is 318 g/mol. The lowest BCUT2D eigenvalue weighted by Gasteiger charge is -2.23. The van der Waals surface area contributed by atoms with Crippen LogP contribution < -0.4 is 21.5 Å². The number of hydrogen-bond donors (Lipinski definition) is 4. The van der Waals surface area contributed by atoms with Crippen LogP contribution in [0, 0.1) is 17.6 Å². The van der Waals surface area contributed by atoms with E-state index >= 15 is 0 Å². The fraction of sp³-hybridized carbons (Fsp3) is 0.500. The fourth-order valence-electron chi connectivity index (χ4n) is 2.70. The lowest BCUT2D eigenvalue weighted by Crippen LogP contribution is -2.54. The van der Waals surface area contributed by atoms with Gasteiger partial charge >= 0.3 is 0 Å². The monoisotopic (exact) mass is 340 g/mol. The first-order valence-corrected chi connectivity index (χ1v) is 7.82. The molecule has 2 rings (SSSR count). The van der Waals surface area contributed by atoms with E-state index in [-0.39, 0.29) is 29.7 Å². The van der Waals surface area contributed by atoms with E-state index in [1.165, 1.54) is 25.1 Å². The molecule has 132 valence electrons. The molecule has 1 aromatic carbocycles. The molecule has 1 aliphatic heterocycles. The van der Waals surface area contributed by atoms with Crippen molar-refractivity contribution in [1.82, 2.24) is 21.5 Å². The van der Waals surface area contributed by atoms with Gasteiger partial charge in [0.15, 0.2) is 0 Å². The average Bonchev–Trinajstić information content (AvgIpc) is 2.92. The van der Waals surface area contributed by atoms with Crippen molar-refractivity contribution in [2.45, 2.75) is 45.4 Å². The molecule has 1 aromatic rings. The van der Waals surface area contributed by atoms with Gasteiger partial charge in [0.25, 0.3) is 0 Å². The molecule has 3 unspecified atom stereocenters. The SMILES string of the molecule is CC(=O)NC(C(=O)NC1CC(c2c(F)cccc2F)NN1)C(C)C. The third kappa shape index (κ3) is 4.27. The van der Waals surface area contributed by atoms with E-state index in [9.17, 15) is 18.4 Å². The molecule has 4 N–H and O–H groups in total. The van der Waals surface area contributed by atoms with Gasteiger partial charge in [0.05, 0.1) is 12.2 Å². The Morgan fingerprint density at radius 2 is 1.83 bits per heavy atom. The molecule has 1 fully saturated rings. The van der Waals surface area contributed by atoms with E-state index in [0.717, 1.165) is 0 Å². The van der Waals surface area contributed by atoms with Crippen LogP contribution in [0.4, 0.5) is 8.78 Å². The minimum absolute atomic E-state index is 0.0657. The van der Waals surface area contributed by atoms with E-state index in [4.69, 9.17) is 0 Å². The molecule has 24 heavy (non-hydrogen) atoms. The third-order valence-electron chi connectivity index (χ3n) is 3.88. The Bertz CT molecular complexity index is 604. The summed E-state index contributed by atoms with van der Waals surface area (Å²) in [5.74, 6) is -2.02. The maximum atomic E-state index is 13.8.